The zero-order valence-corrected chi connectivity index (χ0v) is 12.4. The number of carbonyl (C=O) groups is 1. The standard InChI is InChI=1S/C17H23NO3/c19-16(20)13-17(18-9-11-21-12-10-18)8-4-3-6-14-5-1-2-7-15(14)17/h1-2,5,7H,3-4,6,8-13H2,(H,19,20). The van der Waals surface area contributed by atoms with Crippen LogP contribution in [0.4, 0.5) is 0 Å². The molecule has 1 aliphatic heterocycles. The molecular weight excluding hydrogens is 266 g/mol. The van der Waals surface area contributed by atoms with Gasteiger partial charge in [0.2, 0.25) is 0 Å². The first-order valence-corrected chi connectivity index (χ1v) is 7.85. The molecule has 1 atom stereocenters. The molecule has 3 rings (SSSR count). The summed E-state index contributed by atoms with van der Waals surface area (Å²) >= 11 is 0. The van der Waals surface area contributed by atoms with Crippen LogP contribution in [-0.2, 0) is 21.5 Å². The van der Waals surface area contributed by atoms with Crippen molar-refractivity contribution in [3.63, 3.8) is 0 Å². The fourth-order valence-electron chi connectivity index (χ4n) is 3.93. The molecule has 114 valence electrons. The van der Waals surface area contributed by atoms with Crippen molar-refractivity contribution in [2.75, 3.05) is 26.3 Å². The number of nitrogens with zero attached hydrogens (tertiary/aromatic N) is 1. The molecule has 0 bridgehead atoms. The van der Waals surface area contributed by atoms with Crippen molar-refractivity contribution < 1.29 is 14.6 Å². The molecule has 0 aromatic heterocycles. The number of hydrogen-bond acceptors (Lipinski definition) is 3. The minimum atomic E-state index is -0.710. The number of carboxylic acid groups (broad SMARTS) is 1. The highest BCUT2D eigenvalue weighted by Gasteiger charge is 2.42. The molecule has 1 aromatic carbocycles. The summed E-state index contributed by atoms with van der Waals surface area (Å²) in [5.41, 5.74) is 2.19. The van der Waals surface area contributed by atoms with E-state index in [0.29, 0.717) is 13.2 Å². The molecule has 4 nitrogen and oxygen atoms in total. The maximum absolute atomic E-state index is 11.6. The molecule has 1 unspecified atom stereocenters. The van der Waals surface area contributed by atoms with Crippen molar-refractivity contribution in [3.8, 4) is 0 Å². The van der Waals surface area contributed by atoms with E-state index in [1.165, 1.54) is 11.1 Å². The summed E-state index contributed by atoms with van der Waals surface area (Å²) in [6.07, 6.45) is 4.39. The second-order valence-electron chi connectivity index (χ2n) is 6.07. The highest BCUT2D eigenvalue weighted by Crippen LogP contribution is 2.42. The lowest BCUT2D eigenvalue weighted by molar-refractivity contribution is -0.142. The van der Waals surface area contributed by atoms with E-state index in [-0.39, 0.29) is 12.0 Å². The van der Waals surface area contributed by atoms with Gasteiger partial charge in [0.15, 0.2) is 0 Å². The van der Waals surface area contributed by atoms with E-state index in [1.807, 2.05) is 6.07 Å². The van der Waals surface area contributed by atoms with E-state index in [4.69, 9.17) is 4.74 Å². The van der Waals surface area contributed by atoms with E-state index < -0.39 is 5.97 Å². The third-order valence-corrected chi connectivity index (χ3v) is 4.87. The van der Waals surface area contributed by atoms with Gasteiger partial charge < -0.3 is 9.84 Å². The van der Waals surface area contributed by atoms with Crippen LogP contribution >= 0.6 is 0 Å². The molecule has 1 saturated heterocycles. The quantitative estimate of drug-likeness (QED) is 0.868. The van der Waals surface area contributed by atoms with Crippen LogP contribution < -0.4 is 0 Å². The van der Waals surface area contributed by atoms with Crippen molar-refractivity contribution >= 4 is 5.97 Å². The van der Waals surface area contributed by atoms with Crippen molar-refractivity contribution in [1.82, 2.24) is 4.90 Å². The van der Waals surface area contributed by atoms with Gasteiger partial charge in [-0.25, -0.2) is 0 Å². The summed E-state index contributed by atoms with van der Waals surface area (Å²) in [6.45, 7) is 3.04. The molecule has 4 heteroatoms. The third-order valence-electron chi connectivity index (χ3n) is 4.87. The van der Waals surface area contributed by atoms with Crippen LogP contribution in [0.3, 0.4) is 0 Å². The van der Waals surface area contributed by atoms with Crippen LogP contribution in [0.2, 0.25) is 0 Å². The number of carboxylic acids is 1. The monoisotopic (exact) mass is 289 g/mol. The van der Waals surface area contributed by atoms with Gasteiger partial charge in [-0.3, -0.25) is 9.69 Å². The highest BCUT2D eigenvalue weighted by atomic mass is 16.5. The largest absolute Gasteiger partial charge is 0.481 e. The van der Waals surface area contributed by atoms with Gasteiger partial charge in [0, 0.05) is 13.1 Å². The van der Waals surface area contributed by atoms with E-state index in [0.717, 1.165) is 38.8 Å². The Labute approximate surface area is 125 Å². The normalized spacial score (nSPS) is 26.9. The minimum Gasteiger partial charge on any atom is -0.481 e. The van der Waals surface area contributed by atoms with Crippen molar-refractivity contribution in [2.45, 2.75) is 37.6 Å². The second-order valence-corrected chi connectivity index (χ2v) is 6.07. The fraction of sp³-hybridized carbons (Fsp3) is 0.588. The number of benzene rings is 1. The molecule has 0 radical (unpaired) electrons. The first kappa shape index (κ1) is 14.5. The van der Waals surface area contributed by atoms with Gasteiger partial charge in [0.05, 0.1) is 25.2 Å². The fourth-order valence-corrected chi connectivity index (χ4v) is 3.93. The Bertz CT molecular complexity index is 511. The summed E-state index contributed by atoms with van der Waals surface area (Å²) in [7, 11) is 0. The predicted octanol–water partition coefficient (Wildman–Crippen LogP) is 2.42. The molecule has 2 aliphatic rings. The summed E-state index contributed by atoms with van der Waals surface area (Å²) in [5, 5.41) is 9.52. The first-order valence-electron chi connectivity index (χ1n) is 7.85. The Kier molecular flexibility index (Phi) is 4.27. The molecule has 1 heterocycles. The number of hydrogen-bond donors (Lipinski definition) is 1. The van der Waals surface area contributed by atoms with Crippen LogP contribution in [0.25, 0.3) is 0 Å². The lowest BCUT2D eigenvalue weighted by atomic mass is 9.79. The van der Waals surface area contributed by atoms with Gasteiger partial charge in [-0.05, 0) is 30.4 Å². The number of aliphatic carboxylic acids is 1. The van der Waals surface area contributed by atoms with Gasteiger partial charge in [-0.1, -0.05) is 30.7 Å². The summed E-state index contributed by atoms with van der Waals surface area (Å²) in [4.78, 5) is 13.9. The van der Waals surface area contributed by atoms with Gasteiger partial charge >= 0.3 is 5.97 Å². The van der Waals surface area contributed by atoms with E-state index in [1.54, 1.807) is 0 Å². The van der Waals surface area contributed by atoms with E-state index in [2.05, 4.69) is 23.1 Å². The number of rotatable bonds is 3. The maximum atomic E-state index is 11.6. The van der Waals surface area contributed by atoms with Crippen LogP contribution in [-0.4, -0.2) is 42.3 Å². The topological polar surface area (TPSA) is 49.8 Å². The molecule has 0 spiro atoms. The van der Waals surface area contributed by atoms with E-state index in [9.17, 15) is 9.90 Å². The summed E-state index contributed by atoms with van der Waals surface area (Å²) < 4.78 is 5.47. The molecule has 1 N–H and O–H groups in total. The summed E-state index contributed by atoms with van der Waals surface area (Å²) in [6, 6.07) is 8.41. The van der Waals surface area contributed by atoms with Gasteiger partial charge in [-0.15, -0.1) is 0 Å². The third kappa shape index (κ3) is 2.83. The molecule has 0 saturated carbocycles. The van der Waals surface area contributed by atoms with Crippen LogP contribution in [0.15, 0.2) is 24.3 Å². The average Bonchev–Trinajstić information content (AvgIpc) is 2.69. The Morgan fingerprint density at radius 2 is 2.00 bits per heavy atom. The van der Waals surface area contributed by atoms with Gasteiger partial charge in [-0.2, -0.15) is 0 Å². The Morgan fingerprint density at radius 1 is 1.24 bits per heavy atom. The SMILES string of the molecule is O=C(O)CC1(N2CCOCC2)CCCCc2ccccc21. The Hall–Kier alpha value is -1.39. The number of fused-ring (bicyclic) bond motifs is 1. The molecule has 1 aromatic rings. The average molecular weight is 289 g/mol. The second kappa shape index (κ2) is 6.16. The summed E-state index contributed by atoms with van der Waals surface area (Å²) in [5.74, 6) is -0.710. The zero-order valence-electron chi connectivity index (χ0n) is 12.4. The number of morpholine rings is 1. The number of aryl methyl sites for hydroxylation is 1. The predicted molar refractivity (Wildman–Crippen MR) is 80.3 cm³/mol. The lowest BCUT2D eigenvalue weighted by Gasteiger charge is -2.45. The highest BCUT2D eigenvalue weighted by molar-refractivity contribution is 5.69. The smallest absolute Gasteiger partial charge is 0.305 e. The first-order chi connectivity index (χ1) is 10.2. The Balaban J connectivity index is 2.06. The maximum Gasteiger partial charge on any atom is 0.305 e. The molecular formula is C17H23NO3. The number of ether oxygens (including phenoxy) is 1. The zero-order chi connectivity index (χ0) is 14.7. The van der Waals surface area contributed by atoms with Crippen LogP contribution in [0.5, 0.6) is 0 Å². The minimum absolute atomic E-state index is 0.185. The Morgan fingerprint density at radius 3 is 2.76 bits per heavy atom. The van der Waals surface area contributed by atoms with Gasteiger partial charge in [0.25, 0.3) is 0 Å². The molecule has 1 aliphatic carbocycles. The van der Waals surface area contributed by atoms with Crippen molar-refractivity contribution in [3.05, 3.63) is 35.4 Å². The molecule has 21 heavy (non-hydrogen) atoms. The van der Waals surface area contributed by atoms with Gasteiger partial charge in [0.1, 0.15) is 0 Å². The van der Waals surface area contributed by atoms with Crippen LogP contribution in [0, 0.1) is 0 Å². The van der Waals surface area contributed by atoms with Crippen LogP contribution in [0.1, 0.15) is 36.8 Å². The lowest BCUT2D eigenvalue weighted by Crippen LogP contribution is -2.52. The molecule has 0 amide bonds. The van der Waals surface area contributed by atoms with E-state index >= 15 is 0 Å². The molecule has 1 fully saturated rings. The van der Waals surface area contributed by atoms with Crippen molar-refractivity contribution in [1.29, 1.82) is 0 Å². The van der Waals surface area contributed by atoms with Crippen molar-refractivity contribution in [2.24, 2.45) is 0 Å².